The van der Waals surface area contributed by atoms with Crippen molar-refractivity contribution in [3.63, 3.8) is 0 Å². The third kappa shape index (κ3) is 1.60. The summed E-state index contributed by atoms with van der Waals surface area (Å²) < 4.78 is 0. The summed E-state index contributed by atoms with van der Waals surface area (Å²) in [5, 5.41) is 15.2. The SMILES string of the molecule is Cc1[nH]ncc1/C(Cl)=C\C#N. The Kier molecular flexibility index (Phi) is 2.29. The number of hydrogen-bond donors (Lipinski definition) is 1. The predicted octanol–water partition coefficient (Wildman–Crippen LogP) is 1.82. The standard InChI is InChI=1S/C7H6ClN3/c1-5-6(4-10-11-5)7(8)2-3-9/h2,4H,1H3,(H,10,11)/b7-2+. The number of aromatic amines is 1. The van der Waals surface area contributed by atoms with Gasteiger partial charge in [-0.15, -0.1) is 0 Å². The number of H-pyrrole nitrogens is 1. The number of allylic oxidation sites excluding steroid dienone is 1. The van der Waals surface area contributed by atoms with Crippen LogP contribution in [0, 0.1) is 18.3 Å². The molecule has 1 N–H and O–H groups in total. The van der Waals surface area contributed by atoms with Gasteiger partial charge in [0.15, 0.2) is 0 Å². The minimum atomic E-state index is 0.416. The van der Waals surface area contributed by atoms with E-state index < -0.39 is 0 Å². The molecule has 0 unspecified atom stereocenters. The summed E-state index contributed by atoms with van der Waals surface area (Å²) in [5.41, 5.74) is 1.63. The molecule has 0 bridgehead atoms. The molecule has 0 spiro atoms. The molecule has 0 saturated carbocycles. The lowest BCUT2D eigenvalue weighted by Gasteiger charge is -1.91. The number of aryl methyl sites for hydroxylation is 1. The number of nitriles is 1. The zero-order valence-corrected chi connectivity index (χ0v) is 6.68. The van der Waals surface area contributed by atoms with E-state index in [-0.39, 0.29) is 0 Å². The highest BCUT2D eigenvalue weighted by molar-refractivity contribution is 6.49. The van der Waals surface area contributed by atoms with Crippen LogP contribution in [0.4, 0.5) is 0 Å². The van der Waals surface area contributed by atoms with Crippen LogP contribution in [0.25, 0.3) is 5.03 Å². The number of rotatable bonds is 1. The van der Waals surface area contributed by atoms with Gasteiger partial charge in [-0.05, 0) is 6.92 Å². The summed E-state index contributed by atoms with van der Waals surface area (Å²) in [6.07, 6.45) is 2.87. The molecule has 0 atom stereocenters. The molecule has 4 heteroatoms. The fraction of sp³-hybridized carbons (Fsp3) is 0.143. The van der Waals surface area contributed by atoms with Gasteiger partial charge < -0.3 is 0 Å². The lowest BCUT2D eigenvalue weighted by atomic mass is 10.2. The van der Waals surface area contributed by atoms with Crippen LogP contribution in [0.1, 0.15) is 11.3 Å². The van der Waals surface area contributed by atoms with E-state index >= 15 is 0 Å². The van der Waals surface area contributed by atoms with E-state index in [1.165, 1.54) is 6.08 Å². The van der Waals surface area contributed by atoms with Crippen LogP contribution in [-0.4, -0.2) is 10.2 Å². The predicted molar refractivity (Wildman–Crippen MR) is 42.8 cm³/mol. The topological polar surface area (TPSA) is 52.5 Å². The maximum absolute atomic E-state index is 8.28. The molecule has 1 aromatic heterocycles. The third-order valence-corrected chi connectivity index (χ3v) is 1.59. The van der Waals surface area contributed by atoms with Crippen molar-refractivity contribution >= 4 is 16.6 Å². The summed E-state index contributed by atoms with van der Waals surface area (Å²) in [6, 6.07) is 1.85. The van der Waals surface area contributed by atoms with Crippen molar-refractivity contribution in [2.75, 3.05) is 0 Å². The number of nitrogens with one attached hydrogen (secondary N) is 1. The van der Waals surface area contributed by atoms with Crippen molar-refractivity contribution in [2.24, 2.45) is 0 Å². The minimum absolute atomic E-state index is 0.416. The van der Waals surface area contributed by atoms with Gasteiger partial charge in [0.1, 0.15) is 0 Å². The fourth-order valence-corrected chi connectivity index (χ4v) is 0.965. The first-order valence-corrected chi connectivity index (χ1v) is 3.39. The Morgan fingerprint density at radius 3 is 3.09 bits per heavy atom. The lowest BCUT2D eigenvalue weighted by molar-refractivity contribution is 1.05. The van der Waals surface area contributed by atoms with Crippen molar-refractivity contribution in [3.05, 3.63) is 23.5 Å². The Morgan fingerprint density at radius 2 is 2.64 bits per heavy atom. The van der Waals surface area contributed by atoms with Gasteiger partial charge in [0.05, 0.1) is 17.3 Å². The molecule has 1 aromatic rings. The Labute approximate surface area is 69.3 Å². The molecule has 1 rings (SSSR count). The highest BCUT2D eigenvalue weighted by atomic mass is 35.5. The van der Waals surface area contributed by atoms with E-state index in [1.807, 2.05) is 13.0 Å². The smallest absolute Gasteiger partial charge is 0.0927 e. The second-order valence-corrected chi connectivity index (χ2v) is 2.44. The highest BCUT2D eigenvalue weighted by Gasteiger charge is 2.02. The number of hydrogen-bond acceptors (Lipinski definition) is 2. The summed E-state index contributed by atoms with van der Waals surface area (Å²) >= 11 is 5.73. The maximum atomic E-state index is 8.28. The average molecular weight is 168 g/mol. The van der Waals surface area contributed by atoms with Gasteiger partial charge in [0, 0.05) is 17.3 Å². The van der Waals surface area contributed by atoms with Crippen molar-refractivity contribution in [1.29, 1.82) is 5.26 Å². The Balaban J connectivity index is 3.04. The van der Waals surface area contributed by atoms with E-state index in [0.717, 1.165) is 11.3 Å². The van der Waals surface area contributed by atoms with E-state index in [4.69, 9.17) is 16.9 Å². The van der Waals surface area contributed by atoms with Crippen molar-refractivity contribution < 1.29 is 0 Å². The van der Waals surface area contributed by atoms with Crippen LogP contribution in [0.15, 0.2) is 12.3 Å². The van der Waals surface area contributed by atoms with Crippen molar-refractivity contribution in [1.82, 2.24) is 10.2 Å². The average Bonchev–Trinajstić information content (AvgIpc) is 2.36. The number of aromatic nitrogens is 2. The maximum Gasteiger partial charge on any atom is 0.0927 e. The molecule has 0 fully saturated rings. The summed E-state index contributed by atoms with van der Waals surface area (Å²) in [4.78, 5) is 0. The van der Waals surface area contributed by atoms with E-state index in [9.17, 15) is 0 Å². The zero-order valence-electron chi connectivity index (χ0n) is 5.93. The molecule has 0 aromatic carbocycles. The van der Waals surface area contributed by atoms with Crippen LogP contribution in [0.3, 0.4) is 0 Å². The van der Waals surface area contributed by atoms with Crippen LogP contribution >= 0.6 is 11.6 Å². The van der Waals surface area contributed by atoms with E-state index in [0.29, 0.717) is 5.03 Å². The molecular weight excluding hydrogens is 162 g/mol. The van der Waals surface area contributed by atoms with Crippen LogP contribution in [-0.2, 0) is 0 Å². The summed E-state index contributed by atoms with van der Waals surface area (Å²) in [5.74, 6) is 0. The third-order valence-electron chi connectivity index (χ3n) is 1.28. The zero-order chi connectivity index (χ0) is 8.27. The molecule has 0 saturated heterocycles. The largest absolute Gasteiger partial charge is 0.282 e. The number of halogens is 1. The van der Waals surface area contributed by atoms with Gasteiger partial charge in [-0.25, -0.2) is 0 Å². The summed E-state index contributed by atoms with van der Waals surface area (Å²) in [7, 11) is 0. The van der Waals surface area contributed by atoms with Gasteiger partial charge in [-0.1, -0.05) is 11.6 Å². The molecule has 0 amide bonds. The van der Waals surface area contributed by atoms with Gasteiger partial charge >= 0.3 is 0 Å². The Hall–Kier alpha value is -1.27. The van der Waals surface area contributed by atoms with Crippen LogP contribution in [0.5, 0.6) is 0 Å². The molecule has 0 aliphatic carbocycles. The van der Waals surface area contributed by atoms with Crippen LogP contribution < -0.4 is 0 Å². The van der Waals surface area contributed by atoms with Gasteiger partial charge in [0.25, 0.3) is 0 Å². The quantitative estimate of drug-likeness (QED) is 0.649. The van der Waals surface area contributed by atoms with Crippen molar-refractivity contribution in [3.8, 4) is 6.07 Å². The minimum Gasteiger partial charge on any atom is -0.282 e. The first kappa shape index (κ1) is 7.83. The summed E-state index contributed by atoms with van der Waals surface area (Å²) in [6.45, 7) is 1.84. The van der Waals surface area contributed by atoms with E-state index in [2.05, 4.69) is 10.2 Å². The molecule has 0 aliphatic rings. The number of nitrogens with zero attached hydrogens (tertiary/aromatic N) is 2. The van der Waals surface area contributed by atoms with E-state index in [1.54, 1.807) is 6.20 Å². The fourth-order valence-electron chi connectivity index (χ4n) is 0.726. The normalized spacial score (nSPS) is 11.2. The second kappa shape index (κ2) is 3.22. The Morgan fingerprint density at radius 1 is 1.91 bits per heavy atom. The molecular formula is C7H6ClN3. The second-order valence-electron chi connectivity index (χ2n) is 2.03. The Bertz CT molecular complexity index is 319. The molecule has 11 heavy (non-hydrogen) atoms. The molecule has 1 heterocycles. The van der Waals surface area contributed by atoms with Gasteiger partial charge in [-0.3, -0.25) is 5.10 Å². The van der Waals surface area contributed by atoms with Gasteiger partial charge in [0.2, 0.25) is 0 Å². The van der Waals surface area contributed by atoms with Crippen molar-refractivity contribution in [2.45, 2.75) is 6.92 Å². The first-order valence-electron chi connectivity index (χ1n) is 3.01. The first-order chi connectivity index (χ1) is 5.25. The monoisotopic (exact) mass is 167 g/mol. The molecule has 0 aliphatic heterocycles. The van der Waals surface area contributed by atoms with Gasteiger partial charge in [-0.2, -0.15) is 10.4 Å². The molecule has 0 radical (unpaired) electrons. The molecule has 3 nitrogen and oxygen atoms in total. The molecule has 56 valence electrons. The van der Waals surface area contributed by atoms with Crippen LogP contribution in [0.2, 0.25) is 0 Å². The highest BCUT2D eigenvalue weighted by Crippen LogP contribution is 2.19. The lowest BCUT2D eigenvalue weighted by Crippen LogP contribution is -1.77.